The molecule has 0 aliphatic heterocycles. The molecule has 3 atom stereocenters. The van der Waals surface area contributed by atoms with Gasteiger partial charge in [0.2, 0.25) is 0 Å². The molecule has 3 unspecified atom stereocenters. The van der Waals surface area contributed by atoms with Gasteiger partial charge in [0.15, 0.2) is 0 Å². The third-order valence-corrected chi connectivity index (χ3v) is 6.18. The topological polar surface area (TPSA) is 0 Å². The Hall–Kier alpha value is -0.780. The summed E-state index contributed by atoms with van der Waals surface area (Å²) in [6.07, 6.45) is 12.8. The SMILES string of the molecule is C/C=C\C(C)C(CC)/C(CCC)=C(/C)CC.C=CC(C)C.CC.CCC(C)C(C)(C)C. The molecule has 0 heterocycles. The first-order chi connectivity index (χ1) is 14.4. The van der Waals surface area contributed by atoms with E-state index in [1.165, 1.54) is 32.1 Å². The minimum atomic E-state index is 0.509. The molecule has 0 amide bonds. The van der Waals surface area contributed by atoms with Gasteiger partial charge in [-0.15, -0.1) is 6.58 Å². The molecular weight excluding hydrogens is 372 g/mol. The second-order valence-electron chi connectivity index (χ2n) is 9.96. The number of hydrogen-bond acceptors (Lipinski definition) is 0. The number of rotatable bonds is 9. The van der Waals surface area contributed by atoms with Gasteiger partial charge in [-0.3, -0.25) is 0 Å². The van der Waals surface area contributed by atoms with Crippen molar-refractivity contribution in [3.8, 4) is 0 Å². The van der Waals surface area contributed by atoms with Crippen molar-refractivity contribution in [2.24, 2.45) is 29.1 Å². The van der Waals surface area contributed by atoms with E-state index >= 15 is 0 Å². The Bertz CT molecular complexity index is 427. The highest BCUT2D eigenvalue weighted by Crippen LogP contribution is 2.31. The monoisotopic (exact) mass is 437 g/mol. The predicted octanol–water partition coefficient (Wildman–Crippen LogP) is 11.7. The molecule has 0 nitrogen and oxygen atoms in total. The van der Waals surface area contributed by atoms with Gasteiger partial charge in [-0.1, -0.05) is 132 Å². The Morgan fingerprint density at radius 3 is 1.55 bits per heavy atom. The summed E-state index contributed by atoms with van der Waals surface area (Å²) in [6.45, 7) is 36.9. The van der Waals surface area contributed by atoms with E-state index < -0.39 is 0 Å². The zero-order chi connectivity index (χ0) is 25.6. The van der Waals surface area contributed by atoms with Crippen LogP contribution >= 0.6 is 0 Å². The minimum Gasteiger partial charge on any atom is -0.103 e. The van der Waals surface area contributed by atoms with E-state index in [1.807, 2.05) is 19.9 Å². The second kappa shape index (κ2) is 23.9. The number of allylic oxidation sites excluding steroid dienone is 5. The van der Waals surface area contributed by atoms with E-state index in [2.05, 4.69) is 109 Å². The van der Waals surface area contributed by atoms with Crippen LogP contribution in [0.15, 0.2) is 36.0 Å². The van der Waals surface area contributed by atoms with Crippen LogP contribution in [0.1, 0.15) is 136 Å². The van der Waals surface area contributed by atoms with Gasteiger partial charge in [0.05, 0.1) is 0 Å². The Morgan fingerprint density at radius 1 is 0.903 bits per heavy atom. The minimum absolute atomic E-state index is 0.509. The molecule has 188 valence electrons. The summed E-state index contributed by atoms with van der Waals surface area (Å²) in [5.74, 6) is 2.92. The van der Waals surface area contributed by atoms with Crippen LogP contribution in [0.5, 0.6) is 0 Å². The average molecular weight is 437 g/mol. The first-order valence-corrected chi connectivity index (χ1v) is 13.3. The predicted molar refractivity (Wildman–Crippen MR) is 151 cm³/mol. The first-order valence-electron chi connectivity index (χ1n) is 13.3. The molecule has 0 saturated heterocycles. The lowest BCUT2D eigenvalue weighted by Gasteiger charge is -2.25. The summed E-state index contributed by atoms with van der Waals surface area (Å²) >= 11 is 0. The van der Waals surface area contributed by atoms with Crippen LogP contribution in [-0.2, 0) is 0 Å². The van der Waals surface area contributed by atoms with Crippen LogP contribution in [0.4, 0.5) is 0 Å². The molecule has 0 radical (unpaired) electrons. The number of hydrogen-bond donors (Lipinski definition) is 0. The molecule has 0 aromatic rings. The maximum Gasteiger partial charge on any atom is -0.0143 e. The summed E-state index contributed by atoms with van der Waals surface area (Å²) in [5, 5.41) is 0. The molecule has 0 aliphatic rings. The van der Waals surface area contributed by atoms with E-state index in [0.29, 0.717) is 17.3 Å². The lowest BCUT2D eigenvalue weighted by molar-refractivity contribution is 0.254. The van der Waals surface area contributed by atoms with Crippen molar-refractivity contribution in [3.05, 3.63) is 36.0 Å². The normalized spacial score (nSPS) is 14.7. The van der Waals surface area contributed by atoms with Gasteiger partial charge in [-0.25, -0.2) is 0 Å². The molecule has 31 heavy (non-hydrogen) atoms. The van der Waals surface area contributed by atoms with Gasteiger partial charge in [-0.2, -0.15) is 0 Å². The van der Waals surface area contributed by atoms with Crippen LogP contribution in [0.2, 0.25) is 0 Å². The lowest BCUT2D eigenvalue weighted by Crippen LogP contribution is -2.15. The maximum absolute atomic E-state index is 3.56. The smallest absolute Gasteiger partial charge is 0.0143 e. The second-order valence-corrected chi connectivity index (χ2v) is 9.96. The first kappa shape index (κ1) is 37.5. The highest BCUT2D eigenvalue weighted by atomic mass is 14.2. The van der Waals surface area contributed by atoms with Crippen molar-refractivity contribution in [1.29, 1.82) is 0 Å². The summed E-state index contributed by atoms with van der Waals surface area (Å²) in [4.78, 5) is 0. The van der Waals surface area contributed by atoms with Crippen LogP contribution < -0.4 is 0 Å². The fraction of sp³-hybridized carbons (Fsp3) is 0.806. The van der Waals surface area contributed by atoms with E-state index in [0.717, 1.165) is 11.8 Å². The van der Waals surface area contributed by atoms with Gasteiger partial charge < -0.3 is 0 Å². The summed E-state index contributed by atoms with van der Waals surface area (Å²) in [7, 11) is 0. The Labute approximate surface area is 201 Å². The molecule has 0 fully saturated rings. The molecule has 0 N–H and O–H groups in total. The van der Waals surface area contributed by atoms with Crippen LogP contribution in [0.3, 0.4) is 0 Å². The van der Waals surface area contributed by atoms with E-state index in [-0.39, 0.29) is 0 Å². The van der Waals surface area contributed by atoms with Crippen molar-refractivity contribution in [1.82, 2.24) is 0 Å². The molecule has 0 spiro atoms. The largest absolute Gasteiger partial charge is 0.103 e. The third kappa shape index (κ3) is 22.2. The Kier molecular flexibility index (Phi) is 28.9. The van der Waals surface area contributed by atoms with E-state index in [9.17, 15) is 0 Å². The highest BCUT2D eigenvalue weighted by Gasteiger charge is 2.18. The van der Waals surface area contributed by atoms with Gasteiger partial charge in [0.1, 0.15) is 0 Å². The van der Waals surface area contributed by atoms with E-state index in [4.69, 9.17) is 0 Å². The molecule has 0 heteroatoms. The Balaban J connectivity index is -0.000000202. The van der Waals surface area contributed by atoms with Gasteiger partial charge in [-0.05, 0) is 62.2 Å². The van der Waals surface area contributed by atoms with Gasteiger partial charge in [0.25, 0.3) is 0 Å². The molecule has 0 rings (SSSR count). The molecule has 0 bridgehead atoms. The zero-order valence-corrected chi connectivity index (χ0v) is 24.8. The van der Waals surface area contributed by atoms with Crippen LogP contribution in [0, 0.1) is 29.1 Å². The van der Waals surface area contributed by atoms with Crippen molar-refractivity contribution in [3.63, 3.8) is 0 Å². The molecule has 0 aromatic carbocycles. The third-order valence-electron chi connectivity index (χ3n) is 6.18. The maximum atomic E-state index is 3.56. The van der Waals surface area contributed by atoms with Crippen molar-refractivity contribution >= 4 is 0 Å². The van der Waals surface area contributed by atoms with Gasteiger partial charge in [0, 0.05) is 0 Å². The quantitative estimate of drug-likeness (QED) is 0.315. The lowest BCUT2D eigenvalue weighted by atomic mass is 9.80. The van der Waals surface area contributed by atoms with E-state index in [1.54, 1.807) is 11.1 Å². The van der Waals surface area contributed by atoms with Gasteiger partial charge >= 0.3 is 0 Å². The summed E-state index contributed by atoms with van der Waals surface area (Å²) < 4.78 is 0. The molecule has 0 saturated carbocycles. The Morgan fingerprint density at radius 2 is 1.35 bits per heavy atom. The van der Waals surface area contributed by atoms with Crippen LogP contribution in [0.25, 0.3) is 0 Å². The fourth-order valence-corrected chi connectivity index (χ4v) is 3.20. The van der Waals surface area contributed by atoms with Crippen molar-refractivity contribution < 1.29 is 0 Å². The fourth-order valence-electron chi connectivity index (χ4n) is 3.20. The molecule has 0 aliphatic carbocycles. The molecule has 0 aromatic heterocycles. The molecular formula is C31H64. The van der Waals surface area contributed by atoms with Crippen molar-refractivity contribution in [2.75, 3.05) is 0 Å². The van der Waals surface area contributed by atoms with Crippen molar-refractivity contribution in [2.45, 2.75) is 136 Å². The summed E-state index contributed by atoms with van der Waals surface area (Å²) in [5.41, 5.74) is 3.84. The highest BCUT2D eigenvalue weighted by molar-refractivity contribution is 5.17. The average Bonchev–Trinajstić information content (AvgIpc) is 2.74. The summed E-state index contributed by atoms with van der Waals surface area (Å²) in [6, 6.07) is 0. The zero-order valence-electron chi connectivity index (χ0n) is 24.8. The van der Waals surface area contributed by atoms with Crippen LogP contribution in [-0.4, -0.2) is 0 Å². The standard InChI is InChI=1S/C16H30.C8H18.C5H10.C2H6/c1-7-11-14(6)15(10-4)16(12-8-2)13(5)9-3;1-6-7(2)8(3,4)5;1-4-5(2)3;1-2/h7,11,14-15H,8-10,12H2,1-6H3;7H,6H2,1-5H3;4-5H,1H2,2-3H3;1-2H3/b11-7-,16-13-;;;.